The number of non-ortho nitro benzene ring substituents is 1. The van der Waals surface area contributed by atoms with Crippen LogP contribution in [0.4, 0.5) is 5.69 Å². The second kappa shape index (κ2) is 5.50. The summed E-state index contributed by atoms with van der Waals surface area (Å²) >= 11 is 0. The second-order valence-electron chi connectivity index (χ2n) is 4.19. The SMILES string of the molecule is C#CC1CC(OC(=O)c2ccc([N+](=O)[O-])cc2)CN1. The standard InChI is InChI=1S/C13H12N2O4/c1-2-10-7-12(8-14-10)19-13(16)9-3-5-11(6-4-9)15(17)18/h1,3-6,10,12,14H,7-8H2. The average Bonchev–Trinajstić information content (AvgIpc) is 2.86. The van der Waals surface area contributed by atoms with Gasteiger partial charge in [0.25, 0.3) is 5.69 Å². The van der Waals surface area contributed by atoms with Gasteiger partial charge in [-0.05, 0) is 12.1 Å². The van der Waals surface area contributed by atoms with Crippen molar-refractivity contribution in [1.29, 1.82) is 0 Å². The van der Waals surface area contributed by atoms with E-state index in [1.54, 1.807) is 0 Å². The molecule has 1 saturated heterocycles. The van der Waals surface area contributed by atoms with Gasteiger partial charge < -0.3 is 4.74 Å². The highest BCUT2D eigenvalue weighted by Gasteiger charge is 2.26. The number of terminal acetylenes is 1. The number of nitro benzene ring substituents is 1. The third-order valence-corrected chi connectivity index (χ3v) is 2.88. The van der Waals surface area contributed by atoms with E-state index in [2.05, 4.69) is 11.2 Å². The number of hydrogen-bond acceptors (Lipinski definition) is 5. The van der Waals surface area contributed by atoms with E-state index in [0.717, 1.165) is 0 Å². The Bertz CT molecular complexity index is 533. The van der Waals surface area contributed by atoms with E-state index in [1.165, 1.54) is 24.3 Å². The van der Waals surface area contributed by atoms with Crippen molar-refractivity contribution in [2.24, 2.45) is 0 Å². The molecule has 0 aromatic heterocycles. The molecule has 1 N–H and O–H groups in total. The largest absolute Gasteiger partial charge is 0.457 e. The Balaban J connectivity index is 1.97. The van der Waals surface area contributed by atoms with Crippen LogP contribution in [0, 0.1) is 22.5 Å². The van der Waals surface area contributed by atoms with Gasteiger partial charge in [-0.15, -0.1) is 6.42 Å². The number of hydrogen-bond donors (Lipinski definition) is 1. The summed E-state index contributed by atoms with van der Waals surface area (Å²) in [6.45, 7) is 0.521. The van der Waals surface area contributed by atoms with E-state index in [9.17, 15) is 14.9 Å². The van der Waals surface area contributed by atoms with Crippen LogP contribution in [0.15, 0.2) is 24.3 Å². The van der Waals surface area contributed by atoms with E-state index in [0.29, 0.717) is 13.0 Å². The van der Waals surface area contributed by atoms with Gasteiger partial charge in [0.2, 0.25) is 0 Å². The summed E-state index contributed by atoms with van der Waals surface area (Å²) in [6.07, 6.45) is 5.58. The molecule has 0 spiro atoms. The number of carbonyl (C=O) groups excluding carboxylic acids is 1. The molecule has 1 aromatic rings. The van der Waals surface area contributed by atoms with Crippen molar-refractivity contribution in [2.45, 2.75) is 18.6 Å². The number of esters is 1. The molecule has 98 valence electrons. The first kappa shape index (κ1) is 13.1. The summed E-state index contributed by atoms with van der Waals surface area (Å²) < 4.78 is 5.26. The van der Waals surface area contributed by atoms with E-state index in [-0.39, 0.29) is 23.4 Å². The van der Waals surface area contributed by atoms with Crippen LogP contribution in [0.2, 0.25) is 0 Å². The fraction of sp³-hybridized carbons (Fsp3) is 0.308. The maximum Gasteiger partial charge on any atom is 0.338 e. The zero-order chi connectivity index (χ0) is 13.8. The van der Waals surface area contributed by atoms with Gasteiger partial charge in [-0.2, -0.15) is 0 Å². The number of nitro groups is 1. The lowest BCUT2D eigenvalue weighted by Gasteiger charge is -2.10. The summed E-state index contributed by atoms with van der Waals surface area (Å²) in [5.74, 6) is 2.05. The molecule has 0 saturated carbocycles. The molecule has 2 rings (SSSR count). The highest BCUT2D eigenvalue weighted by Crippen LogP contribution is 2.15. The predicted octanol–water partition coefficient (Wildman–Crippen LogP) is 1.12. The Labute approximate surface area is 109 Å². The maximum atomic E-state index is 11.8. The van der Waals surface area contributed by atoms with E-state index in [4.69, 9.17) is 11.2 Å². The first-order chi connectivity index (χ1) is 9.10. The Hall–Kier alpha value is -2.39. The Morgan fingerprint density at radius 3 is 2.68 bits per heavy atom. The van der Waals surface area contributed by atoms with Crippen LogP contribution in [0.25, 0.3) is 0 Å². The molecule has 2 unspecified atom stereocenters. The predicted molar refractivity (Wildman–Crippen MR) is 67.5 cm³/mol. The smallest absolute Gasteiger partial charge is 0.338 e. The molecule has 0 radical (unpaired) electrons. The van der Waals surface area contributed by atoms with Crippen molar-refractivity contribution >= 4 is 11.7 Å². The number of nitrogens with zero attached hydrogens (tertiary/aromatic N) is 1. The van der Waals surface area contributed by atoms with Crippen LogP contribution in [0.5, 0.6) is 0 Å². The van der Waals surface area contributed by atoms with Gasteiger partial charge in [-0.25, -0.2) is 4.79 Å². The molecule has 6 nitrogen and oxygen atoms in total. The minimum absolute atomic E-state index is 0.0634. The Morgan fingerprint density at radius 1 is 1.47 bits per heavy atom. The minimum Gasteiger partial charge on any atom is -0.457 e. The van der Waals surface area contributed by atoms with Gasteiger partial charge in [0.05, 0.1) is 16.5 Å². The lowest BCUT2D eigenvalue weighted by atomic mass is 10.2. The quantitative estimate of drug-likeness (QED) is 0.381. The molecular formula is C13H12N2O4. The lowest BCUT2D eigenvalue weighted by Crippen LogP contribution is -2.21. The molecule has 1 aliphatic heterocycles. The van der Waals surface area contributed by atoms with Crippen LogP contribution < -0.4 is 5.32 Å². The van der Waals surface area contributed by atoms with Gasteiger partial charge in [0.15, 0.2) is 0 Å². The van der Waals surface area contributed by atoms with E-state index < -0.39 is 10.9 Å². The fourth-order valence-electron chi connectivity index (χ4n) is 1.86. The van der Waals surface area contributed by atoms with Crippen molar-refractivity contribution in [1.82, 2.24) is 5.32 Å². The molecule has 2 atom stereocenters. The molecule has 0 aliphatic carbocycles. The number of carbonyl (C=O) groups is 1. The van der Waals surface area contributed by atoms with Gasteiger partial charge in [-0.1, -0.05) is 5.92 Å². The lowest BCUT2D eigenvalue weighted by molar-refractivity contribution is -0.384. The number of nitrogens with one attached hydrogen (secondary N) is 1. The van der Waals surface area contributed by atoms with Gasteiger partial charge in [-0.3, -0.25) is 15.4 Å². The number of ether oxygens (including phenoxy) is 1. The normalized spacial score (nSPS) is 21.6. The molecular weight excluding hydrogens is 248 g/mol. The monoisotopic (exact) mass is 260 g/mol. The van der Waals surface area contributed by atoms with E-state index >= 15 is 0 Å². The van der Waals surface area contributed by atoms with Gasteiger partial charge in [0.1, 0.15) is 6.10 Å². The number of benzene rings is 1. The third kappa shape index (κ3) is 3.09. The minimum atomic E-state index is -0.520. The molecule has 1 aromatic carbocycles. The zero-order valence-corrected chi connectivity index (χ0v) is 10.0. The van der Waals surface area contributed by atoms with Crippen LogP contribution >= 0.6 is 0 Å². The summed E-state index contributed by atoms with van der Waals surface area (Å²) in [5.41, 5.74) is 0.223. The van der Waals surface area contributed by atoms with E-state index in [1.807, 2.05) is 0 Å². The Kier molecular flexibility index (Phi) is 3.78. The van der Waals surface area contributed by atoms with Crippen molar-refractivity contribution in [3.05, 3.63) is 39.9 Å². The van der Waals surface area contributed by atoms with Crippen molar-refractivity contribution in [3.8, 4) is 12.3 Å². The fourth-order valence-corrected chi connectivity index (χ4v) is 1.86. The zero-order valence-electron chi connectivity index (χ0n) is 10.0. The maximum absolute atomic E-state index is 11.8. The highest BCUT2D eigenvalue weighted by molar-refractivity contribution is 5.89. The van der Waals surface area contributed by atoms with Crippen LogP contribution in [0.1, 0.15) is 16.8 Å². The summed E-state index contributed by atoms with van der Waals surface area (Å²) in [7, 11) is 0. The highest BCUT2D eigenvalue weighted by atomic mass is 16.6. The molecule has 1 fully saturated rings. The van der Waals surface area contributed by atoms with Gasteiger partial charge >= 0.3 is 5.97 Å². The topological polar surface area (TPSA) is 81.5 Å². The summed E-state index contributed by atoms with van der Waals surface area (Å²) in [4.78, 5) is 21.8. The van der Waals surface area contributed by atoms with Crippen LogP contribution in [-0.4, -0.2) is 29.6 Å². The van der Waals surface area contributed by atoms with Crippen LogP contribution in [-0.2, 0) is 4.74 Å². The summed E-state index contributed by atoms with van der Waals surface area (Å²) in [5, 5.41) is 13.5. The van der Waals surface area contributed by atoms with Crippen molar-refractivity contribution < 1.29 is 14.5 Å². The Morgan fingerprint density at radius 2 is 2.16 bits per heavy atom. The molecule has 0 amide bonds. The molecule has 0 bridgehead atoms. The third-order valence-electron chi connectivity index (χ3n) is 2.88. The van der Waals surface area contributed by atoms with Gasteiger partial charge in [0, 0.05) is 25.1 Å². The average molecular weight is 260 g/mol. The summed E-state index contributed by atoms with van der Waals surface area (Å²) in [6, 6.07) is 5.22. The van der Waals surface area contributed by atoms with Crippen molar-refractivity contribution in [3.63, 3.8) is 0 Å². The first-order valence-electron chi connectivity index (χ1n) is 5.75. The molecule has 6 heteroatoms. The molecule has 19 heavy (non-hydrogen) atoms. The number of rotatable bonds is 3. The van der Waals surface area contributed by atoms with Crippen molar-refractivity contribution in [2.75, 3.05) is 6.54 Å². The second-order valence-corrected chi connectivity index (χ2v) is 4.19. The van der Waals surface area contributed by atoms with Crippen LogP contribution in [0.3, 0.4) is 0 Å². The first-order valence-corrected chi connectivity index (χ1v) is 5.75. The molecule has 1 heterocycles. The molecule has 1 aliphatic rings.